The van der Waals surface area contributed by atoms with E-state index in [9.17, 15) is 0 Å². The minimum Gasteiger partial charge on any atom is -0.378 e. The summed E-state index contributed by atoms with van der Waals surface area (Å²) in [5.74, 6) is 9.00. The summed E-state index contributed by atoms with van der Waals surface area (Å²) < 4.78 is 5.56. The van der Waals surface area contributed by atoms with Crippen LogP contribution in [0.5, 0.6) is 0 Å². The van der Waals surface area contributed by atoms with Crippen molar-refractivity contribution in [2.75, 3.05) is 18.1 Å². The average molecular weight is 403 g/mol. The first-order chi connectivity index (χ1) is 13.4. The number of benzene rings is 1. The summed E-state index contributed by atoms with van der Waals surface area (Å²) in [6.07, 6.45) is 11.1. The van der Waals surface area contributed by atoms with Crippen LogP contribution in [0, 0.1) is 17.3 Å². The molecular weight excluding hydrogens is 360 g/mol. The van der Waals surface area contributed by atoms with Crippen molar-refractivity contribution < 1.29 is 4.74 Å². The van der Waals surface area contributed by atoms with Crippen LogP contribution in [0.3, 0.4) is 0 Å². The maximum atomic E-state index is 5.56. The Morgan fingerprint density at radius 2 is 1.46 bits per heavy atom. The van der Waals surface area contributed by atoms with Crippen molar-refractivity contribution in [3.05, 3.63) is 35.4 Å². The van der Waals surface area contributed by atoms with Gasteiger partial charge in [0.25, 0.3) is 0 Å². The molecule has 0 aliphatic rings. The summed E-state index contributed by atoms with van der Waals surface area (Å²) >= 11 is 2.04. The number of thioether (sulfide) groups is 1. The first kappa shape index (κ1) is 25.1. The monoisotopic (exact) mass is 402 g/mol. The summed E-state index contributed by atoms with van der Waals surface area (Å²) in [5.41, 5.74) is 2.64. The molecule has 0 aromatic heterocycles. The van der Waals surface area contributed by atoms with E-state index in [0.717, 1.165) is 17.9 Å². The van der Waals surface area contributed by atoms with E-state index < -0.39 is 0 Å². The van der Waals surface area contributed by atoms with Gasteiger partial charge in [0.1, 0.15) is 0 Å². The van der Waals surface area contributed by atoms with E-state index in [1.807, 2.05) is 11.8 Å². The summed E-state index contributed by atoms with van der Waals surface area (Å²) in [7, 11) is 0. The van der Waals surface area contributed by atoms with Gasteiger partial charge in [-0.05, 0) is 77.3 Å². The number of unbranched alkanes of at least 4 members (excludes halogenated alkanes) is 6. The second-order valence-electron chi connectivity index (χ2n) is 8.95. The molecule has 1 nitrogen and oxygen atoms in total. The predicted octanol–water partition coefficient (Wildman–Crippen LogP) is 7.52. The van der Waals surface area contributed by atoms with Crippen LogP contribution in [0.25, 0.3) is 0 Å². The third-order valence-corrected chi connectivity index (χ3v) is 5.50. The number of aryl methyl sites for hydroxylation is 1. The second kappa shape index (κ2) is 15.0. The molecule has 2 heteroatoms. The molecule has 1 aromatic carbocycles. The number of hydrogen-bond acceptors (Lipinski definition) is 2. The molecule has 0 heterocycles. The van der Waals surface area contributed by atoms with Gasteiger partial charge in [-0.15, -0.1) is 0 Å². The highest BCUT2D eigenvalue weighted by Crippen LogP contribution is 2.14. The molecule has 0 aliphatic carbocycles. The molecule has 158 valence electrons. The van der Waals surface area contributed by atoms with Crippen LogP contribution in [0.1, 0.15) is 90.7 Å². The van der Waals surface area contributed by atoms with Gasteiger partial charge in [-0.3, -0.25) is 0 Å². The SMILES string of the molecule is CC(C)OCCSCCCCCCCCCc1ccc(C#CC(C)(C)C)cc1. The first-order valence-corrected chi connectivity index (χ1v) is 12.3. The highest BCUT2D eigenvalue weighted by atomic mass is 32.2. The second-order valence-corrected chi connectivity index (χ2v) is 10.2. The molecule has 0 N–H and O–H groups in total. The maximum Gasteiger partial charge on any atom is 0.0560 e. The molecule has 0 saturated carbocycles. The Morgan fingerprint density at radius 1 is 0.857 bits per heavy atom. The average Bonchev–Trinajstić information content (AvgIpc) is 2.64. The van der Waals surface area contributed by atoms with Crippen molar-refractivity contribution in [2.45, 2.75) is 92.1 Å². The largest absolute Gasteiger partial charge is 0.378 e. The predicted molar refractivity (Wildman–Crippen MR) is 127 cm³/mol. The molecule has 0 aliphatic heterocycles. The Balaban J connectivity index is 1.97. The number of rotatable bonds is 14. The third kappa shape index (κ3) is 15.1. The summed E-state index contributed by atoms with van der Waals surface area (Å²) in [4.78, 5) is 0. The fourth-order valence-corrected chi connectivity index (χ4v) is 3.70. The van der Waals surface area contributed by atoms with Gasteiger partial charge in [-0.1, -0.05) is 56.1 Å². The Kier molecular flexibility index (Phi) is 13.5. The fourth-order valence-electron chi connectivity index (χ4n) is 2.88. The molecule has 0 radical (unpaired) electrons. The highest BCUT2D eigenvalue weighted by Gasteiger charge is 2.03. The van der Waals surface area contributed by atoms with Gasteiger partial charge < -0.3 is 4.74 Å². The lowest BCUT2D eigenvalue weighted by Crippen LogP contribution is -2.05. The molecular formula is C26H42OS. The standard InChI is InChI=1S/C26H42OS/c1-23(2)27-20-22-28-21-12-10-8-6-7-9-11-13-24-14-16-25(17-15-24)18-19-26(3,4)5/h14-17,23H,6-13,20-22H2,1-5H3. The van der Waals surface area contributed by atoms with Gasteiger partial charge in [0.2, 0.25) is 0 Å². The molecule has 0 atom stereocenters. The van der Waals surface area contributed by atoms with Crippen molar-refractivity contribution in [1.29, 1.82) is 0 Å². The lowest BCUT2D eigenvalue weighted by molar-refractivity contribution is 0.0920. The van der Waals surface area contributed by atoms with E-state index in [2.05, 4.69) is 70.7 Å². The van der Waals surface area contributed by atoms with Gasteiger partial charge in [-0.25, -0.2) is 0 Å². The Hall–Kier alpha value is -0.910. The number of ether oxygens (including phenoxy) is 1. The van der Waals surface area contributed by atoms with Crippen LogP contribution in [-0.4, -0.2) is 24.2 Å². The highest BCUT2D eigenvalue weighted by molar-refractivity contribution is 7.99. The van der Waals surface area contributed by atoms with Crippen molar-refractivity contribution in [1.82, 2.24) is 0 Å². The molecule has 1 aromatic rings. The van der Waals surface area contributed by atoms with E-state index in [-0.39, 0.29) is 5.41 Å². The van der Waals surface area contributed by atoms with Crippen LogP contribution in [0.2, 0.25) is 0 Å². The molecule has 0 spiro atoms. The van der Waals surface area contributed by atoms with Gasteiger partial charge in [0.15, 0.2) is 0 Å². The lowest BCUT2D eigenvalue weighted by atomic mass is 9.97. The zero-order valence-electron chi connectivity index (χ0n) is 19.0. The van der Waals surface area contributed by atoms with Crippen LogP contribution >= 0.6 is 11.8 Å². The van der Waals surface area contributed by atoms with E-state index in [1.54, 1.807) is 0 Å². The van der Waals surface area contributed by atoms with Crippen molar-refractivity contribution in [2.24, 2.45) is 5.41 Å². The molecule has 1 rings (SSSR count). The maximum absolute atomic E-state index is 5.56. The minimum atomic E-state index is 0.0694. The summed E-state index contributed by atoms with van der Waals surface area (Å²) in [6, 6.07) is 8.83. The summed E-state index contributed by atoms with van der Waals surface area (Å²) in [6.45, 7) is 11.6. The zero-order valence-corrected chi connectivity index (χ0v) is 19.8. The topological polar surface area (TPSA) is 9.23 Å². The van der Waals surface area contributed by atoms with E-state index in [0.29, 0.717) is 6.10 Å². The molecule has 0 fully saturated rings. The van der Waals surface area contributed by atoms with Crippen molar-refractivity contribution in [3.63, 3.8) is 0 Å². The van der Waals surface area contributed by atoms with Crippen LogP contribution in [-0.2, 0) is 11.2 Å². The van der Waals surface area contributed by atoms with Gasteiger partial charge in [0, 0.05) is 16.7 Å². The summed E-state index contributed by atoms with van der Waals surface area (Å²) in [5, 5.41) is 0. The Labute approximate surface area is 179 Å². The van der Waals surface area contributed by atoms with Gasteiger partial charge >= 0.3 is 0 Å². The molecule has 28 heavy (non-hydrogen) atoms. The van der Waals surface area contributed by atoms with Crippen molar-refractivity contribution in [3.8, 4) is 11.8 Å². The van der Waals surface area contributed by atoms with Gasteiger partial charge in [0.05, 0.1) is 12.7 Å². The van der Waals surface area contributed by atoms with Crippen LogP contribution in [0.4, 0.5) is 0 Å². The van der Waals surface area contributed by atoms with Gasteiger partial charge in [-0.2, -0.15) is 11.8 Å². The smallest absolute Gasteiger partial charge is 0.0560 e. The minimum absolute atomic E-state index is 0.0694. The van der Waals surface area contributed by atoms with Crippen molar-refractivity contribution >= 4 is 11.8 Å². The molecule has 0 bridgehead atoms. The van der Waals surface area contributed by atoms with Crippen LogP contribution in [0.15, 0.2) is 24.3 Å². The molecule has 0 saturated heterocycles. The van der Waals surface area contributed by atoms with Crippen LogP contribution < -0.4 is 0 Å². The zero-order chi connectivity index (χ0) is 20.7. The van der Waals surface area contributed by atoms with E-state index in [1.165, 1.54) is 62.7 Å². The normalized spacial score (nSPS) is 11.5. The molecule has 0 unspecified atom stereocenters. The Bertz CT molecular complexity index is 557. The Morgan fingerprint density at radius 3 is 2.07 bits per heavy atom. The lowest BCUT2D eigenvalue weighted by Gasteiger charge is -2.07. The number of hydrogen-bond donors (Lipinski definition) is 0. The molecule has 0 amide bonds. The fraction of sp³-hybridized carbons (Fsp3) is 0.692. The van der Waals surface area contributed by atoms with E-state index in [4.69, 9.17) is 4.74 Å². The first-order valence-electron chi connectivity index (χ1n) is 11.2. The van der Waals surface area contributed by atoms with E-state index >= 15 is 0 Å². The quantitative estimate of drug-likeness (QED) is 0.235. The third-order valence-electron chi connectivity index (χ3n) is 4.47.